The summed E-state index contributed by atoms with van der Waals surface area (Å²) in [5.41, 5.74) is 2.39. The summed E-state index contributed by atoms with van der Waals surface area (Å²) in [6, 6.07) is 7.90. The first-order valence-electron chi connectivity index (χ1n) is 8.24. The van der Waals surface area contributed by atoms with Crippen molar-refractivity contribution in [2.75, 3.05) is 38.2 Å². The minimum Gasteiger partial charge on any atom is -0.497 e. The number of methoxy groups -OCH3 is 1. The third-order valence-electron chi connectivity index (χ3n) is 4.90. The first-order valence-corrected chi connectivity index (χ1v) is 8.62. The molecule has 25 heavy (non-hydrogen) atoms. The highest BCUT2D eigenvalue weighted by atomic mass is 35.5. The predicted octanol–water partition coefficient (Wildman–Crippen LogP) is 2.76. The number of anilines is 1. The van der Waals surface area contributed by atoms with Crippen LogP contribution in [0, 0.1) is 0 Å². The number of Topliss-reactive ketones (excluding diaryl/α,β-unsaturated/α-hetero) is 2. The van der Waals surface area contributed by atoms with Crippen molar-refractivity contribution in [3.63, 3.8) is 0 Å². The predicted molar refractivity (Wildman–Crippen MR) is 98.0 cm³/mol. The summed E-state index contributed by atoms with van der Waals surface area (Å²) in [4.78, 5) is 29.0. The molecule has 0 aromatic heterocycles. The number of halogens is 1. The zero-order valence-electron chi connectivity index (χ0n) is 14.6. The maximum Gasteiger partial charge on any atom is 0.206 e. The van der Waals surface area contributed by atoms with E-state index in [0.717, 1.165) is 24.5 Å². The number of rotatable bonds is 3. The summed E-state index contributed by atoms with van der Waals surface area (Å²) >= 11 is 6.21. The van der Waals surface area contributed by atoms with E-state index >= 15 is 0 Å². The molecule has 0 amide bonds. The van der Waals surface area contributed by atoms with Gasteiger partial charge in [0.1, 0.15) is 16.5 Å². The highest BCUT2D eigenvalue weighted by Crippen LogP contribution is 2.30. The first kappa shape index (κ1) is 17.5. The van der Waals surface area contributed by atoms with E-state index in [1.807, 2.05) is 29.2 Å². The van der Waals surface area contributed by atoms with E-state index in [0.29, 0.717) is 29.9 Å². The molecule has 3 rings (SSSR count). The van der Waals surface area contributed by atoms with Crippen LogP contribution in [-0.2, 0) is 9.59 Å². The number of carbonyl (C=O) groups is 2. The molecule has 2 aliphatic rings. The fourth-order valence-corrected chi connectivity index (χ4v) is 3.50. The lowest BCUT2D eigenvalue weighted by Crippen LogP contribution is -2.48. The molecular weight excluding hydrogens is 340 g/mol. The summed E-state index contributed by atoms with van der Waals surface area (Å²) in [7, 11) is 1.64. The Balaban J connectivity index is 1.73. The summed E-state index contributed by atoms with van der Waals surface area (Å²) in [5, 5.41) is 0.0472. The summed E-state index contributed by atoms with van der Waals surface area (Å²) < 4.78 is 5.18. The molecular formula is C19H21ClN2O3. The molecule has 0 unspecified atom stereocenters. The second-order valence-electron chi connectivity index (χ2n) is 6.24. The van der Waals surface area contributed by atoms with Crippen molar-refractivity contribution in [1.29, 1.82) is 0 Å². The molecule has 1 aromatic carbocycles. The minimum atomic E-state index is -0.244. The van der Waals surface area contributed by atoms with E-state index in [9.17, 15) is 9.59 Å². The molecule has 1 aromatic rings. The van der Waals surface area contributed by atoms with Crippen molar-refractivity contribution in [3.05, 3.63) is 46.1 Å². The maximum absolute atomic E-state index is 12.6. The van der Waals surface area contributed by atoms with Crippen LogP contribution in [0.15, 0.2) is 46.1 Å². The van der Waals surface area contributed by atoms with Crippen LogP contribution >= 0.6 is 11.6 Å². The quantitative estimate of drug-likeness (QED) is 0.776. The highest BCUT2D eigenvalue weighted by Gasteiger charge is 2.34. The molecule has 0 N–H and O–H groups in total. The number of piperazine rings is 1. The maximum atomic E-state index is 12.6. The SMILES string of the molecule is COc1ccc(N2CCN(C3=C(Cl)C(=O)C(C)=C(C)C3=O)CC2)cc1. The summed E-state index contributed by atoms with van der Waals surface area (Å²) in [6.45, 7) is 6.13. The standard InChI is InChI=1S/C19H21ClN2O3/c1-12-13(2)19(24)17(16(20)18(12)23)22-10-8-21(9-11-22)14-4-6-15(25-3)7-5-14/h4-7H,8-11H2,1-3H3. The van der Waals surface area contributed by atoms with Gasteiger partial charge in [-0.1, -0.05) is 11.6 Å². The Hall–Kier alpha value is -2.27. The van der Waals surface area contributed by atoms with Crippen LogP contribution in [0.4, 0.5) is 5.69 Å². The zero-order valence-corrected chi connectivity index (χ0v) is 15.4. The fourth-order valence-electron chi connectivity index (χ4n) is 3.15. The molecule has 0 atom stereocenters. The number of hydrogen-bond acceptors (Lipinski definition) is 5. The number of hydrogen-bond donors (Lipinski definition) is 0. The lowest BCUT2D eigenvalue weighted by molar-refractivity contribution is -0.117. The minimum absolute atomic E-state index is 0.0472. The van der Waals surface area contributed by atoms with Crippen molar-refractivity contribution >= 4 is 28.9 Å². The van der Waals surface area contributed by atoms with Crippen LogP contribution in [0.25, 0.3) is 0 Å². The van der Waals surface area contributed by atoms with Gasteiger partial charge in [-0.3, -0.25) is 9.59 Å². The molecule has 6 heteroatoms. The van der Waals surface area contributed by atoms with Crippen LogP contribution in [0.1, 0.15) is 13.8 Å². The van der Waals surface area contributed by atoms with Crippen LogP contribution in [-0.4, -0.2) is 49.8 Å². The van der Waals surface area contributed by atoms with Gasteiger partial charge in [0.05, 0.1) is 7.11 Å². The third-order valence-corrected chi connectivity index (χ3v) is 5.25. The van der Waals surface area contributed by atoms with Crippen LogP contribution < -0.4 is 9.64 Å². The van der Waals surface area contributed by atoms with Gasteiger partial charge in [0.15, 0.2) is 0 Å². The number of carbonyl (C=O) groups excluding carboxylic acids is 2. The van der Waals surface area contributed by atoms with E-state index in [4.69, 9.17) is 16.3 Å². The zero-order chi connectivity index (χ0) is 18.1. The van der Waals surface area contributed by atoms with Gasteiger partial charge in [-0.15, -0.1) is 0 Å². The topological polar surface area (TPSA) is 49.9 Å². The normalized spacial score (nSPS) is 19.0. The van der Waals surface area contributed by atoms with Gasteiger partial charge >= 0.3 is 0 Å². The van der Waals surface area contributed by atoms with Crippen molar-refractivity contribution in [2.24, 2.45) is 0 Å². The van der Waals surface area contributed by atoms with Gasteiger partial charge < -0.3 is 14.5 Å². The Morgan fingerprint density at radius 1 is 0.880 bits per heavy atom. The lowest BCUT2D eigenvalue weighted by Gasteiger charge is -2.39. The van der Waals surface area contributed by atoms with Crippen molar-refractivity contribution in [3.8, 4) is 5.75 Å². The molecule has 5 nitrogen and oxygen atoms in total. The van der Waals surface area contributed by atoms with Gasteiger partial charge in [-0.2, -0.15) is 0 Å². The summed E-state index contributed by atoms with van der Waals surface area (Å²) in [5.74, 6) is 0.439. The number of ketones is 2. The molecule has 0 bridgehead atoms. The van der Waals surface area contributed by atoms with Crippen LogP contribution in [0.3, 0.4) is 0 Å². The van der Waals surface area contributed by atoms with Crippen molar-refractivity contribution < 1.29 is 14.3 Å². The van der Waals surface area contributed by atoms with E-state index in [-0.39, 0.29) is 16.6 Å². The molecule has 0 radical (unpaired) electrons. The van der Waals surface area contributed by atoms with Gasteiger partial charge in [0.2, 0.25) is 11.6 Å². The van der Waals surface area contributed by atoms with Gasteiger partial charge in [0, 0.05) is 43.0 Å². The smallest absolute Gasteiger partial charge is 0.206 e. The Kier molecular flexibility index (Phi) is 4.86. The molecule has 0 spiro atoms. The third kappa shape index (κ3) is 3.16. The Morgan fingerprint density at radius 3 is 1.96 bits per heavy atom. The number of ether oxygens (including phenoxy) is 1. The first-order chi connectivity index (χ1) is 11.9. The van der Waals surface area contributed by atoms with E-state index in [1.54, 1.807) is 21.0 Å². The van der Waals surface area contributed by atoms with Crippen LogP contribution in [0.2, 0.25) is 0 Å². The van der Waals surface area contributed by atoms with Crippen LogP contribution in [0.5, 0.6) is 5.75 Å². The monoisotopic (exact) mass is 360 g/mol. The van der Waals surface area contributed by atoms with Crippen molar-refractivity contribution in [1.82, 2.24) is 4.90 Å². The number of nitrogens with zero attached hydrogens (tertiary/aromatic N) is 2. The highest BCUT2D eigenvalue weighted by molar-refractivity contribution is 6.49. The average Bonchev–Trinajstić information content (AvgIpc) is 2.65. The van der Waals surface area contributed by atoms with Gasteiger partial charge in [-0.05, 0) is 38.1 Å². The van der Waals surface area contributed by atoms with Gasteiger partial charge in [-0.25, -0.2) is 0 Å². The van der Waals surface area contributed by atoms with E-state index in [2.05, 4.69) is 4.90 Å². The Labute approximate surface area is 152 Å². The molecule has 1 heterocycles. The number of allylic oxidation sites excluding steroid dienone is 3. The second kappa shape index (κ2) is 6.92. The Bertz CT molecular complexity index is 772. The Morgan fingerprint density at radius 2 is 1.40 bits per heavy atom. The second-order valence-corrected chi connectivity index (χ2v) is 6.62. The average molecular weight is 361 g/mol. The largest absolute Gasteiger partial charge is 0.497 e. The molecule has 0 saturated carbocycles. The van der Waals surface area contributed by atoms with Gasteiger partial charge in [0.25, 0.3) is 0 Å². The molecule has 1 aliphatic heterocycles. The summed E-state index contributed by atoms with van der Waals surface area (Å²) in [6.07, 6.45) is 0. The fraction of sp³-hybridized carbons (Fsp3) is 0.368. The van der Waals surface area contributed by atoms with E-state index < -0.39 is 0 Å². The molecule has 1 aliphatic carbocycles. The molecule has 1 saturated heterocycles. The molecule has 1 fully saturated rings. The van der Waals surface area contributed by atoms with E-state index in [1.165, 1.54) is 0 Å². The van der Waals surface area contributed by atoms with Crippen molar-refractivity contribution in [2.45, 2.75) is 13.8 Å². The number of benzene rings is 1. The molecule has 132 valence electrons. The lowest BCUT2D eigenvalue weighted by atomic mass is 9.93.